The summed E-state index contributed by atoms with van der Waals surface area (Å²) in [4.78, 5) is 13.5. The van der Waals surface area contributed by atoms with E-state index in [1.807, 2.05) is 36.4 Å². The molecule has 3 rings (SSSR count). The predicted octanol–water partition coefficient (Wildman–Crippen LogP) is 3.59. The monoisotopic (exact) mass is 335 g/mol. The average Bonchev–Trinajstić information content (AvgIpc) is 2.68. The third kappa shape index (κ3) is 2.54. The molecule has 1 unspecified atom stereocenters. The van der Waals surface area contributed by atoms with Crippen LogP contribution in [0.1, 0.15) is 11.7 Å². The standard InChI is InChI=1S/C14H10BrNO2S/c15-8-1-3-9(4-2-8)19-10-5-6-11-12(7-10)16-14(18)13(11)17/h1-7,13,17H,(H,16,18). The first-order valence-corrected chi connectivity index (χ1v) is 7.31. The third-order valence-electron chi connectivity index (χ3n) is 2.87. The highest BCUT2D eigenvalue weighted by molar-refractivity contribution is 9.10. The second-order valence-corrected chi connectivity index (χ2v) is 6.26. The smallest absolute Gasteiger partial charge is 0.257 e. The van der Waals surface area contributed by atoms with Crippen molar-refractivity contribution in [2.75, 3.05) is 5.32 Å². The van der Waals surface area contributed by atoms with Gasteiger partial charge in [0.2, 0.25) is 0 Å². The zero-order valence-corrected chi connectivity index (χ0v) is 12.2. The third-order valence-corrected chi connectivity index (χ3v) is 4.40. The van der Waals surface area contributed by atoms with Gasteiger partial charge in [0.25, 0.3) is 5.91 Å². The van der Waals surface area contributed by atoms with E-state index in [9.17, 15) is 9.90 Å². The zero-order valence-electron chi connectivity index (χ0n) is 9.76. The summed E-state index contributed by atoms with van der Waals surface area (Å²) in [5.74, 6) is -0.360. The Morgan fingerprint density at radius 2 is 1.79 bits per heavy atom. The summed E-state index contributed by atoms with van der Waals surface area (Å²) in [6.45, 7) is 0. The van der Waals surface area contributed by atoms with Gasteiger partial charge in [0.1, 0.15) is 0 Å². The van der Waals surface area contributed by atoms with Crippen LogP contribution in [-0.4, -0.2) is 11.0 Å². The number of carbonyl (C=O) groups excluding carboxylic acids is 1. The van der Waals surface area contributed by atoms with Crippen molar-refractivity contribution in [1.82, 2.24) is 0 Å². The molecule has 1 amide bonds. The van der Waals surface area contributed by atoms with Crippen molar-refractivity contribution in [2.45, 2.75) is 15.9 Å². The van der Waals surface area contributed by atoms with Crippen LogP contribution < -0.4 is 5.32 Å². The molecule has 0 radical (unpaired) electrons. The first kappa shape index (κ1) is 12.7. The van der Waals surface area contributed by atoms with Crippen molar-refractivity contribution < 1.29 is 9.90 Å². The minimum atomic E-state index is -1.04. The van der Waals surface area contributed by atoms with E-state index in [1.165, 1.54) is 0 Å². The zero-order chi connectivity index (χ0) is 13.4. The van der Waals surface area contributed by atoms with Gasteiger partial charge in [0.15, 0.2) is 6.10 Å². The number of aliphatic hydroxyl groups is 1. The molecule has 1 atom stereocenters. The summed E-state index contributed by atoms with van der Waals surface area (Å²) in [7, 11) is 0. The Hall–Kier alpha value is -1.30. The summed E-state index contributed by atoms with van der Waals surface area (Å²) in [5.41, 5.74) is 1.34. The second-order valence-electron chi connectivity index (χ2n) is 4.20. The summed E-state index contributed by atoms with van der Waals surface area (Å²) in [5, 5.41) is 12.3. The molecule has 1 aliphatic heterocycles. The summed E-state index contributed by atoms with van der Waals surface area (Å²) < 4.78 is 1.04. The van der Waals surface area contributed by atoms with Crippen LogP contribution >= 0.6 is 27.7 Å². The van der Waals surface area contributed by atoms with Crippen LogP contribution in [-0.2, 0) is 4.79 Å². The van der Waals surface area contributed by atoms with E-state index < -0.39 is 6.10 Å². The van der Waals surface area contributed by atoms with E-state index in [4.69, 9.17) is 0 Å². The number of rotatable bonds is 2. The number of benzene rings is 2. The Kier molecular flexibility index (Phi) is 3.35. The average molecular weight is 336 g/mol. The molecule has 0 fully saturated rings. The largest absolute Gasteiger partial charge is 0.378 e. The number of hydrogen-bond donors (Lipinski definition) is 2. The molecule has 96 valence electrons. The molecule has 1 heterocycles. The van der Waals surface area contributed by atoms with Gasteiger partial charge in [-0.1, -0.05) is 33.8 Å². The highest BCUT2D eigenvalue weighted by Gasteiger charge is 2.28. The summed E-state index contributed by atoms with van der Waals surface area (Å²) in [6, 6.07) is 13.6. The van der Waals surface area contributed by atoms with E-state index in [2.05, 4.69) is 21.2 Å². The maximum Gasteiger partial charge on any atom is 0.257 e. The van der Waals surface area contributed by atoms with Crippen molar-refractivity contribution >= 4 is 39.3 Å². The number of amides is 1. The van der Waals surface area contributed by atoms with E-state index in [1.54, 1.807) is 17.8 Å². The van der Waals surface area contributed by atoms with Crippen molar-refractivity contribution in [3.8, 4) is 0 Å². The van der Waals surface area contributed by atoms with Crippen LogP contribution in [0.2, 0.25) is 0 Å². The first-order valence-electron chi connectivity index (χ1n) is 5.70. The molecule has 1 aliphatic rings. The molecule has 0 saturated heterocycles. The Morgan fingerprint density at radius 1 is 1.11 bits per heavy atom. The number of aliphatic hydroxyl groups excluding tert-OH is 1. The molecule has 0 aliphatic carbocycles. The topological polar surface area (TPSA) is 49.3 Å². The Morgan fingerprint density at radius 3 is 2.53 bits per heavy atom. The number of hydrogen-bond acceptors (Lipinski definition) is 3. The molecular formula is C14H10BrNO2S. The van der Waals surface area contributed by atoms with Crippen molar-refractivity contribution in [3.05, 3.63) is 52.5 Å². The van der Waals surface area contributed by atoms with Gasteiger partial charge in [-0.15, -0.1) is 0 Å². The molecule has 2 aromatic rings. The van der Waals surface area contributed by atoms with Crippen molar-refractivity contribution in [1.29, 1.82) is 0 Å². The number of anilines is 1. The lowest BCUT2D eigenvalue weighted by Gasteiger charge is -2.05. The molecule has 0 spiro atoms. The SMILES string of the molecule is O=C1Nc2cc(Sc3ccc(Br)cc3)ccc2C1O. The Balaban J connectivity index is 1.86. The predicted molar refractivity (Wildman–Crippen MR) is 78.3 cm³/mol. The van der Waals surface area contributed by atoms with Crippen LogP contribution in [0.4, 0.5) is 5.69 Å². The van der Waals surface area contributed by atoms with Crippen molar-refractivity contribution in [3.63, 3.8) is 0 Å². The number of fused-ring (bicyclic) bond motifs is 1. The number of carbonyl (C=O) groups is 1. The first-order chi connectivity index (χ1) is 9.13. The van der Waals surface area contributed by atoms with Gasteiger partial charge in [-0.05, 0) is 36.4 Å². The van der Waals surface area contributed by atoms with Gasteiger partial charge < -0.3 is 10.4 Å². The quantitative estimate of drug-likeness (QED) is 0.881. The minimum Gasteiger partial charge on any atom is -0.378 e. The molecule has 5 heteroatoms. The fourth-order valence-corrected chi connectivity index (χ4v) is 3.05. The molecule has 2 aromatic carbocycles. The van der Waals surface area contributed by atoms with Gasteiger partial charge in [-0.25, -0.2) is 0 Å². The molecule has 2 N–H and O–H groups in total. The van der Waals surface area contributed by atoms with Crippen LogP contribution in [0.3, 0.4) is 0 Å². The van der Waals surface area contributed by atoms with Crippen LogP contribution in [0.15, 0.2) is 56.7 Å². The van der Waals surface area contributed by atoms with E-state index in [-0.39, 0.29) is 5.91 Å². The lowest BCUT2D eigenvalue weighted by molar-refractivity contribution is -0.123. The van der Waals surface area contributed by atoms with Crippen LogP contribution in [0.5, 0.6) is 0 Å². The van der Waals surface area contributed by atoms with Crippen LogP contribution in [0, 0.1) is 0 Å². The molecule has 0 saturated carbocycles. The van der Waals surface area contributed by atoms with Crippen molar-refractivity contribution in [2.24, 2.45) is 0 Å². The van der Waals surface area contributed by atoms with Gasteiger partial charge in [0, 0.05) is 25.5 Å². The normalized spacial score (nSPS) is 17.2. The minimum absolute atomic E-state index is 0.360. The summed E-state index contributed by atoms with van der Waals surface area (Å²) in [6.07, 6.45) is -1.04. The lowest BCUT2D eigenvalue weighted by Crippen LogP contribution is -2.10. The fourth-order valence-electron chi connectivity index (χ4n) is 1.93. The second kappa shape index (κ2) is 5.00. The highest BCUT2D eigenvalue weighted by Crippen LogP contribution is 2.36. The number of nitrogens with one attached hydrogen (secondary N) is 1. The maximum atomic E-state index is 11.4. The van der Waals surface area contributed by atoms with E-state index in [0.717, 1.165) is 14.3 Å². The lowest BCUT2D eigenvalue weighted by atomic mass is 10.1. The Bertz CT molecular complexity index is 642. The fraction of sp³-hybridized carbons (Fsp3) is 0.0714. The van der Waals surface area contributed by atoms with Gasteiger partial charge in [-0.3, -0.25) is 4.79 Å². The van der Waals surface area contributed by atoms with E-state index >= 15 is 0 Å². The summed E-state index contributed by atoms with van der Waals surface area (Å²) >= 11 is 5.01. The van der Waals surface area contributed by atoms with Gasteiger partial charge >= 0.3 is 0 Å². The molecular weight excluding hydrogens is 326 g/mol. The maximum absolute atomic E-state index is 11.4. The van der Waals surface area contributed by atoms with E-state index in [0.29, 0.717) is 11.3 Å². The molecule has 19 heavy (non-hydrogen) atoms. The highest BCUT2D eigenvalue weighted by atomic mass is 79.9. The molecule has 3 nitrogen and oxygen atoms in total. The number of halogens is 1. The van der Waals surface area contributed by atoms with Gasteiger partial charge in [-0.2, -0.15) is 0 Å². The molecule has 0 aromatic heterocycles. The molecule has 0 bridgehead atoms. The van der Waals surface area contributed by atoms with Crippen LogP contribution in [0.25, 0.3) is 0 Å². The van der Waals surface area contributed by atoms with Gasteiger partial charge in [0.05, 0.1) is 0 Å². The Labute approximate surface area is 123 Å².